The first-order valence-electron chi connectivity index (χ1n) is 11.9. The van der Waals surface area contributed by atoms with Gasteiger partial charge in [0.1, 0.15) is 5.82 Å². The minimum absolute atomic E-state index is 0.0188. The number of hydrogen-bond acceptors (Lipinski definition) is 5. The maximum absolute atomic E-state index is 13.5. The summed E-state index contributed by atoms with van der Waals surface area (Å²) >= 11 is 0. The summed E-state index contributed by atoms with van der Waals surface area (Å²) in [6.45, 7) is 5.45. The first-order chi connectivity index (χ1) is 16.4. The molecule has 0 radical (unpaired) electrons. The largest absolute Gasteiger partial charge is 0.342 e. The maximum atomic E-state index is 13.5. The van der Waals surface area contributed by atoms with Gasteiger partial charge >= 0.3 is 0 Å². The molecule has 1 saturated heterocycles. The van der Waals surface area contributed by atoms with Crippen LogP contribution < -0.4 is 0 Å². The van der Waals surface area contributed by atoms with Crippen LogP contribution in [0, 0.1) is 11.7 Å². The van der Waals surface area contributed by atoms with Gasteiger partial charge in [-0.15, -0.1) is 0 Å². The fourth-order valence-electron chi connectivity index (χ4n) is 4.37. The van der Waals surface area contributed by atoms with Gasteiger partial charge < -0.3 is 9.42 Å². The molecular formula is C27H30FN3O3. The molecule has 0 N–H and O–H groups in total. The van der Waals surface area contributed by atoms with Gasteiger partial charge in [-0.3, -0.25) is 9.59 Å². The predicted octanol–water partition coefficient (Wildman–Crippen LogP) is 5.44. The number of nitrogens with zero attached hydrogens (tertiary/aromatic N) is 3. The fraction of sp³-hybridized carbons (Fsp3) is 0.407. The van der Waals surface area contributed by atoms with Crippen LogP contribution in [0.15, 0.2) is 53.1 Å². The highest BCUT2D eigenvalue weighted by molar-refractivity contribution is 5.98. The molecule has 4 rings (SSSR count). The number of Topliss-reactive ketones (excluding diaryl/α,β-unsaturated/α-hetero) is 1. The number of carbonyl (C=O) groups excluding carboxylic acids is 2. The third-order valence-electron chi connectivity index (χ3n) is 6.13. The number of benzene rings is 2. The molecule has 6 nitrogen and oxygen atoms in total. The number of rotatable bonds is 8. The van der Waals surface area contributed by atoms with E-state index in [4.69, 9.17) is 4.52 Å². The van der Waals surface area contributed by atoms with Gasteiger partial charge in [0.15, 0.2) is 5.78 Å². The minimum Gasteiger partial charge on any atom is -0.342 e. The lowest BCUT2D eigenvalue weighted by molar-refractivity contribution is -0.132. The Labute approximate surface area is 199 Å². The van der Waals surface area contributed by atoms with Crippen molar-refractivity contribution in [2.75, 3.05) is 13.1 Å². The molecule has 1 aromatic heterocycles. The second kappa shape index (κ2) is 10.7. The van der Waals surface area contributed by atoms with Crippen LogP contribution in [0.5, 0.6) is 0 Å². The normalized spacial score (nSPS) is 16.1. The maximum Gasteiger partial charge on any atom is 0.231 e. The fourth-order valence-corrected chi connectivity index (χ4v) is 4.37. The summed E-state index contributed by atoms with van der Waals surface area (Å²) in [5.74, 6) is 0.856. The van der Waals surface area contributed by atoms with Gasteiger partial charge in [-0.25, -0.2) is 4.39 Å². The Kier molecular flexibility index (Phi) is 7.50. The van der Waals surface area contributed by atoms with Crippen molar-refractivity contribution < 1.29 is 18.5 Å². The molecule has 1 aliphatic heterocycles. The Bertz CT molecular complexity index is 1140. The van der Waals surface area contributed by atoms with E-state index >= 15 is 0 Å². The quantitative estimate of drug-likeness (QED) is 0.416. The predicted molar refractivity (Wildman–Crippen MR) is 127 cm³/mol. The van der Waals surface area contributed by atoms with E-state index in [2.05, 4.69) is 24.0 Å². The summed E-state index contributed by atoms with van der Waals surface area (Å²) in [6, 6.07) is 13.7. The van der Waals surface area contributed by atoms with Crippen molar-refractivity contribution in [2.24, 2.45) is 5.92 Å². The Morgan fingerprint density at radius 1 is 1.15 bits per heavy atom. The van der Waals surface area contributed by atoms with Gasteiger partial charge in [-0.1, -0.05) is 55.4 Å². The van der Waals surface area contributed by atoms with Crippen molar-refractivity contribution in [3.8, 4) is 11.4 Å². The summed E-state index contributed by atoms with van der Waals surface area (Å²) in [4.78, 5) is 31.6. The van der Waals surface area contributed by atoms with Gasteiger partial charge in [0.25, 0.3) is 0 Å². The average molecular weight is 464 g/mol. The molecule has 1 amide bonds. The highest BCUT2D eigenvalue weighted by Gasteiger charge is 2.29. The topological polar surface area (TPSA) is 76.3 Å². The van der Waals surface area contributed by atoms with E-state index in [1.807, 2.05) is 24.3 Å². The molecule has 1 fully saturated rings. The first kappa shape index (κ1) is 23.8. The Balaban J connectivity index is 1.32. The summed E-state index contributed by atoms with van der Waals surface area (Å²) in [7, 11) is 0. The second-order valence-corrected chi connectivity index (χ2v) is 9.36. The number of likely N-dealkylation sites (tertiary alicyclic amines) is 1. The number of ketones is 1. The van der Waals surface area contributed by atoms with Crippen LogP contribution in [0.25, 0.3) is 11.4 Å². The standard InChI is InChI=1S/C27H30FN3O3/c1-18(2)15-19-8-10-20(11-9-19)24(32)12-13-25(33)31-14-4-6-22(17-31)27-29-26(30-34-27)21-5-3-7-23(28)16-21/h3,5,7-11,16,18,22H,4,6,12-15,17H2,1-2H3. The SMILES string of the molecule is CC(C)Cc1ccc(C(=O)CCC(=O)N2CCCC(c3nc(-c4cccc(F)c4)no3)C2)cc1. The van der Waals surface area contributed by atoms with Crippen LogP contribution in [-0.4, -0.2) is 39.8 Å². The van der Waals surface area contributed by atoms with Crippen LogP contribution in [0.3, 0.4) is 0 Å². The molecule has 1 unspecified atom stereocenters. The van der Waals surface area contributed by atoms with Crippen LogP contribution >= 0.6 is 0 Å². The Hall–Kier alpha value is -3.35. The number of aromatic nitrogens is 2. The minimum atomic E-state index is -0.362. The van der Waals surface area contributed by atoms with E-state index in [-0.39, 0.29) is 36.3 Å². The molecule has 34 heavy (non-hydrogen) atoms. The lowest BCUT2D eigenvalue weighted by Gasteiger charge is -2.31. The summed E-state index contributed by atoms with van der Waals surface area (Å²) < 4.78 is 18.9. The smallest absolute Gasteiger partial charge is 0.231 e. The lowest BCUT2D eigenvalue weighted by atomic mass is 9.97. The molecule has 2 heterocycles. The van der Waals surface area contributed by atoms with Crippen molar-refractivity contribution in [3.05, 3.63) is 71.4 Å². The Morgan fingerprint density at radius 3 is 2.68 bits per heavy atom. The molecule has 0 bridgehead atoms. The van der Waals surface area contributed by atoms with E-state index in [9.17, 15) is 14.0 Å². The number of halogens is 1. The molecule has 0 saturated carbocycles. The van der Waals surface area contributed by atoms with Crippen molar-refractivity contribution in [1.29, 1.82) is 0 Å². The third kappa shape index (κ3) is 5.95. The van der Waals surface area contributed by atoms with Crippen LogP contribution in [0.2, 0.25) is 0 Å². The lowest BCUT2D eigenvalue weighted by Crippen LogP contribution is -2.39. The average Bonchev–Trinajstić information content (AvgIpc) is 3.33. The van der Waals surface area contributed by atoms with E-state index in [1.54, 1.807) is 17.0 Å². The van der Waals surface area contributed by atoms with Gasteiger partial charge in [0.05, 0.1) is 5.92 Å². The molecule has 1 atom stereocenters. The Morgan fingerprint density at radius 2 is 1.94 bits per heavy atom. The third-order valence-corrected chi connectivity index (χ3v) is 6.13. The molecular weight excluding hydrogens is 433 g/mol. The molecule has 2 aromatic carbocycles. The zero-order chi connectivity index (χ0) is 24.1. The van der Waals surface area contributed by atoms with Gasteiger partial charge in [-0.05, 0) is 42.9 Å². The molecule has 1 aliphatic rings. The zero-order valence-corrected chi connectivity index (χ0v) is 19.7. The highest BCUT2D eigenvalue weighted by Crippen LogP contribution is 2.28. The van der Waals surface area contributed by atoms with Gasteiger partial charge in [0.2, 0.25) is 17.6 Å². The number of piperidine rings is 1. The number of amides is 1. The van der Waals surface area contributed by atoms with Crippen molar-refractivity contribution in [2.45, 2.75) is 51.9 Å². The van der Waals surface area contributed by atoms with Gasteiger partial charge in [0, 0.05) is 37.1 Å². The highest BCUT2D eigenvalue weighted by atomic mass is 19.1. The van der Waals surface area contributed by atoms with Crippen molar-refractivity contribution in [1.82, 2.24) is 15.0 Å². The van der Waals surface area contributed by atoms with Crippen molar-refractivity contribution in [3.63, 3.8) is 0 Å². The zero-order valence-electron chi connectivity index (χ0n) is 19.7. The molecule has 0 aliphatic carbocycles. The second-order valence-electron chi connectivity index (χ2n) is 9.36. The molecule has 7 heteroatoms. The van der Waals surface area contributed by atoms with E-state index in [0.717, 1.165) is 19.3 Å². The van der Waals surface area contributed by atoms with Crippen LogP contribution in [0.4, 0.5) is 4.39 Å². The number of hydrogen-bond donors (Lipinski definition) is 0. The van der Waals surface area contributed by atoms with Crippen molar-refractivity contribution >= 4 is 11.7 Å². The molecule has 0 spiro atoms. The van der Waals surface area contributed by atoms with Crippen LogP contribution in [0.1, 0.15) is 67.3 Å². The van der Waals surface area contributed by atoms with Gasteiger partial charge in [-0.2, -0.15) is 4.98 Å². The summed E-state index contributed by atoms with van der Waals surface area (Å²) in [5.41, 5.74) is 2.41. The summed E-state index contributed by atoms with van der Waals surface area (Å²) in [5, 5.41) is 3.99. The monoisotopic (exact) mass is 463 g/mol. The summed E-state index contributed by atoms with van der Waals surface area (Å²) in [6.07, 6.45) is 2.99. The van der Waals surface area contributed by atoms with Crippen LogP contribution in [-0.2, 0) is 11.2 Å². The van der Waals surface area contributed by atoms with E-state index in [0.29, 0.717) is 41.8 Å². The molecule has 3 aromatic rings. The molecule has 178 valence electrons. The van der Waals surface area contributed by atoms with E-state index < -0.39 is 0 Å². The number of carbonyl (C=O) groups is 2. The van der Waals surface area contributed by atoms with E-state index in [1.165, 1.54) is 17.7 Å². The first-order valence-corrected chi connectivity index (χ1v) is 11.9.